The first-order valence-electron chi connectivity index (χ1n) is 5.80. The molecular formula is C10H9N7O4. The lowest BCUT2D eigenvalue weighted by Crippen LogP contribution is -2.27. The number of carboxylic acid groups (broad SMARTS) is 1. The Morgan fingerprint density at radius 3 is 2.76 bits per heavy atom. The third kappa shape index (κ3) is 2.04. The van der Waals surface area contributed by atoms with Gasteiger partial charge in [-0.3, -0.25) is 4.79 Å². The molecule has 21 heavy (non-hydrogen) atoms. The van der Waals surface area contributed by atoms with Gasteiger partial charge < -0.3 is 9.63 Å². The van der Waals surface area contributed by atoms with Crippen LogP contribution in [0, 0.1) is 6.92 Å². The third-order valence-corrected chi connectivity index (χ3v) is 2.80. The molecule has 3 rings (SSSR count). The quantitative estimate of drug-likeness (QED) is 0.640. The molecule has 11 nitrogen and oxygen atoms in total. The van der Waals surface area contributed by atoms with Crippen LogP contribution in [0.4, 0.5) is 0 Å². The second-order valence-corrected chi connectivity index (χ2v) is 4.27. The lowest BCUT2D eigenvalue weighted by molar-refractivity contribution is 0.0690. The fourth-order valence-corrected chi connectivity index (χ4v) is 1.91. The lowest BCUT2D eigenvalue weighted by atomic mass is 10.2. The standard InChI is InChI=1S/C10H9N7O4/c1-4-6-7(14-21-4)9(18)17(13-8(6)10(19)20)3-5-11-15-16(2)12-5/h3H2,1-2H3,(H,19,20). The van der Waals surface area contributed by atoms with Gasteiger partial charge in [-0.25, -0.2) is 9.48 Å². The molecule has 0 aliphatic rings. The van der Waals surface area contributed by atoms with E-state index in [9.17, 15) is 14.7 Å². The van der Waals surface area contributed by atoms with E-state index in [2.05, 4.69) is 25.7 Å². The minimum absolute atomic E-state index is 0.0934. The van der Waals surface area contributed by atoms with Crippen molar-refractivity contribution in [3.63, 3.8) is 0 Å². The zero-order chi connectivity index (χ0) is 15.1. The number of carbonyl (C=O) groups is 1. The summed E-state index contributed by atoms with van der Waals surface area (Å²) in [7, 11) is 1.57. The Morgan fingerprint density at radius 1 is 1.38 bits per heavy atom. The van der Waals surface area contributed by atoms with Gasteiger partial charge in [-0.05, 0) is 12.1 Å². The van der Waals surface area contributed by atoms with Gasteiger partial charge in [0.15, 0.2) is 17.0 Å². The van der Waals surface area contributed by atoms with Crippen molar-refractivity contribution in [1.82, 2.24) is 35.1 Å². The molecule has 0 unspecified atom stereocenters. The molecule has 0 bridgehead atoms. The summed E-state index contributed by atoms with van der Waals surface area (Å²) >= 11 is 0. The number of carboxylic acids is 1. The van der Waals surface area contributed by atoms with Crippen LogP contribution in [0.15, 0.2) is 9.32 Å². The van der Waals surface area contributed by atoms with E-state index in [1.165, 1.54) is 11.7 Å². The first kappa shape index (κ1) is 12.9. The van der Waals surface area contributed by atoms with E-state index < -0.39 is 11.5 Å². The van der Waals surface area contributed by atoms with Crippen LogP contribution >= 0.6 is 0 Å². The molecule has 0 aliphatic carbocycles. The average molecular weight is 291 g/mol. The van der Waals surface area contributed by atoms with Crippen molar-refractivity contribution < 1.29 is 14.4 Å². The Kier molecular flexibility index (Phi) is 2.75. The van der Waals surface area contributed by atoms with Gasteiger partial charge in [0.2, 0.25) is 0 Å². The molecule has 0 aromatic carbocycles. The van der Waals surface area contributed by atoms with Gasteiger partial charge >= 0.3 is 5.97 Å². The molecule has 0 fully saturated rings. The number of nitrogens with zero attached hydrogens (tertiary/aromatic N) is 7. The van der Waals surface area contributed by atoms with Crippen molar-refractivity contribution in [1.29, 1.82) is 0 Å². The summed E-state index contributed by atoms with van der Waals surface area (Å²) in [5.74, 6) is -0.841. The van der Waals surface area contributed by atoms with Crippen molar-refractivity contribution in [2.24, 2.45) is 7.05 Å². The third-order valence-electron chi connectivity index (χ3n) is 2.80. The van der Waals surface area contributed by atoms with Gasteiger partial charge in [-0.2, -0.15) is 9.90 Å². The number of aryl methyl sites for hydroxylation is 2. The smallest absolute Gasteiger partial charge is 0.357 e. The maximum Gasteiger partial charge on any atom is 0.357 e. The number of hydrogen-bond donors (Lipinski definition) is 1. The zero-order valence-corrected chi connectivity index (χ0v) is 11.0. The van der Waals surface area contributed by atoms with Gasteiger partial charge in [0.05, 0.1) is 12.4 Å². The second-order valence-electron chi connectivity index (χ2n) is 4.27. The van der Waals surface area contributed by atoms with E-state index in [1.54, 1.807) is 7.05 Å². The van der Waals surface area contributed by atoms with Crippen LogP contribution in [0.5, 0.6) is 0 Å². The van der Waals surface area contributed by atoms with Crippen molar-refractivity contribution in [3.8, 4) is 0 Å². The van der Waals surface area contributed by atoms with E-state index in [4.69, 9.17) is 4.52 Å². The molecular weight excluding hydrogens is 282 g/mol. The zero-order valence-electron chi connectivity index (χ0n) is 11.0. The maximum absolute atomic E-state index is 12.2. The van der Waals surface area contributed by atoms with Gasteiger partial charge in [0, 0.05) is 0 Å². The normalized spacial score (nSPS) is 11.1. The molecule has 0 aliphatic heterocycles. The minimum atomic E-state index is -1.29. The molecule has 11 heteroatoms. The summed E-state index contributed by atoms with van der Waals surface area (Å²) in [5.41, 5.74) is -0.990. The Labute approximate surface area is 115 Å². The minimum Gasteiger partial charge on any atom is -0.476 e. The number of rotatable bonds is 3. The molecule has 0 saturated heterocycles. The van der Waals surface area contributed by atoms with Crippen LogP contribution in [-0.4, -0.2) is 46.2 Å². The monoisotopic (exact) mass is 291 g/mol. The summed E-state index contributed by atoms with van der Waals surface area (Å²) < 4.78 is 5.80. The lowest BCUT2D eigenvalue weighted by Gasteiger charge is -2.03. The molecule has 0 radical (unpaired) electrons. The Balaban J connectivity index is 2.21. The second kappa shape index (κ2) is 4.47. The summed E-state index contributed by atoms with van der Waals surface area (Å²) in [6.07, 6.45) is 0. The first-order valence-corrected chi connectivity index (χ1v) is 5.80. The molecule has 108 valence electrons. The number of tetrazole rings is 1. The molecule has 3 aromatic heterocycles. The van der Waals surface area contributed by atoms with Crippen molar-refractivity contribution in [3.05, 3.63) is 27.6 Å². The highest BCUT2D eigenvalue weighted by molar-refractivity contribution is 6.00. The van der Waals surface area contributed by atoms with Crippen molar-refractivity contribution >= 4 is 16.9 Å². The molecule has 1 N–H and O–H groups in total. The van der Waals surface area contributed by atoms with Crippen LogP contribution in [0.1, 0.15) is 22.1 Å². The highest BCUT2D eigenvalue weighted by Crippen LogP contribution is 2.17. The summed E-state index contributed by atoms with van der Waals surface area (Å²) in [5, 5.41) is 28.0. The largest absolute Gasteiger partial charge is 0.476 e. The average Bonchev–Trinajstić information content (AvgIpc) is 3.00. The van der Waals surface area contributed by atoms with E-state index >= 15 is 0 Å². The molecule has 3 aromatic rings. The fraction of sp³-hybridized carbons (Fsp3) is 0.300. The van der Waals surface area contributed by atoms with Crippen LogP contribution in [0.2, 0.25) is 0 Å². The van der Waals surface area contributed by atoms with Gasteiger partial charge in [-0.1, -0.05) is 5.16 Å². The molecule has 0 saturated carbocycles. The van der Waals surface area contributed by atoms with Gasteiger partial charge in [0.25, 0.3) is 5.56 Å². The van der Waals surface area contributed by atoms with E-state index in [1.807, 2.05) is 0 Å². The Bertz CT molecular complexity index is 906. The summed E-state index contributed by atoms with van der Waals surface area (Å²) in [6.45, 7) is 1.40. The van der Waals surface area contributed by atoms with Gasteiger partial charge in [-0.15, -0.1) is 10.2 Å². The first-order chi connectivity index (χ1) is 9.97. The van der Waals surface area contributed by atoms with Crippen LogP contribution in [0.25, 0.3) is 10.9 Å². The van der Waals surface area contributed by atoms with Crippen molar-refractivity contribution in [2.75, 3.05) is 0 Å². The molecule has 0 amide bonds. The Morgan fingerprint density at radius 2 is 2.14 bits per heavy atom. The van der Waals surface area contributed by atoms with E-state index in [0.717, 1.165) is 4.68 Å². The number of hydrogen-bond acceptors (Lipinski definition) is 8. The number of aromatic nitrogens is 7. The van der Waals surface area contributed by atoms with Crippen LogP contribution in [0.3, 0.4) is 0 Å². The van der Waals surface area contributed by atoms with Gasteiger partial charge in [0.1, 0.15) is 12.3 Å². The SMILES string of the molecule is Cc1onc2c(=O)n(Cc3nnn(C)n3)nc(C(=O)O)c12. The van der Waals surface area contributed by atoms with Crippen LogP contribution < -0.4 is 5.56 Å². The maximum atomic E-state index is 12.2. The van der Waals surface area contributed by atoms with E-state index in [-0.39, 0.29) is 34.7 Å². The molecule has 0 atom stereocenters. The highest BCUT2D eigenvalue weighted by Gasteiger charge is 2.22. The van der Waals surface area contributed by atoms with Crippen LogP contribution in [-0.2, 0) is 13.6 Å². The topological polar surface area (TPSA) is 142 Å². The van der Waals surface area contributed by atoms with E-state index in [0.29, 0.717) is 0 Å². The predicted molar refractivity (Wildman–Crippen MR) is 65.7 cm³/mol. The molecule has 0 spiro atoms. The highest BCUT2D eigenvalue weighted by atomic mass is 16.5. The number of fused-ring (bicyclic) bond motifs is 1. The predicted octanol–water partition coefficient (Wildman–Crippen LogP) is -1.04. The summed E-state index contributed by atoms with van der Waals surface area (Å²) in [6, 6.07) is 0. The Hall–Kier alpha value is -3.11. The summed E-state index contributed by atoms with van der Waals surface area (Å²) in [4.78, 5) is 24.7. The number of aromatic carboxylic acids is 1. The fourth-order valence-electron chi connectivity index (χ4n) is 1.91. The molecule has 3 heterocycles. The van der Waals surface area contributed by atoms with Crippen molar-refractivity contribution in [2.45, 2.75) is 13.5 Å².